The van der Waals surface area contributed by atoms with Gasteiger partial charge in [0.1, 0.15) is 0 Å². The molecule has 11 heavy (non-hydrogen) atoms. The molecule has 0 rings (SSSR count). The summed E-state index contributed by atoms with van der Waals surface area (Å²) in [6, 6.07) is 0. The molecule has 0 aliphatic heterocycles. The number of carboxylic acids is 1. The van der Waals surface area contributed by atoms with E-state index in [0.29, 0.717) is 18.6 Å². The van der Waals surface area contributed by atoms with Crippen molar-refractivity contribution in [1.29, 1.82) is 0 Å². The molecule has 0 atom stereocenters. The van der Waals surface area contributed by atoms with Gasteiger partial charge < -0.3 is 9.84 Å². The second-order valence-corrected chi connectivity index (χ2v) is 2.02. The van der Waals surface area contributed by atoms with Gasteiger partial charge in [-0.3, -0.25) is 0 Å². The lowest BCUT2D eigenvalue weighted by atomic mass is 10.2. The molecule has 0 bridgehead atoms. The van der Waals surface area contributed by atoms with Gasteiger partial charge in [0.25, 0.3) is 0 Å². The van der Waals surface area contributed by atoms with Crippen LogP contribution in [0.4, 0.5) is 0 Å². The minimum atomic E-state index is -0.886. The van der Waals surface area contributed by atoms with Crippen LogP contribution in [0.5, 0.6) is 0 Å². The van der Waals surface area contributed by atoms with Crippen molar-refractivity contribution in [2.24, 2.45) is 0 Å². The summed E-state index contributed by atoms with van der Waals surface area (Å²) >= 11 is 0. The first-order valence-electron chi connectivity index (χ1n) is 3.31. The summed E-state index contributed by atoms with van der Waals surface area (Å²) in [4.78, 5) is 10.2. The maximum Gasteiger partial charge on any atom is 0.330 e. The van der Waals surface area contributed by atoms with Gasteiger partial charge in [0.15, 0.2) is 0 Å². The molecule has 0 heterocycles. The summed E-state index contributed by atoms with van der Waals surface area (Å²) in [5.41, 5.74) is 0.345. The van der Waals surface area contributed by atoms with Crippen LogP contribution in [0.15, 0.2) is 24.5 Å². The summed E-state index contributed by atoms with van der Waals surface area (Å²) < 4.78 is 4.79. The largest absolute Gasteiger partial charge is 0.501 e. The van der Waals surface area contributed by atoms with Crippen LogP contribution in [0.25, 0.3) is 0 Å². The average Bonchev–Trinajstić information content (AvgIpc) is 1.97. The number of rotatable bonds is 5. The molecule has 0 fully saturated rings. The number of ether oxygens (including phenoxy) is 1. The third-order valence-electron chi connectivity index (χ3n) is 1.14. The Morgan fingerprint density at radius 2 is 2.36 bits per heavy atom. The Morgan fingerprint density at radius 1 is 1.73 bits per heavy atom. The monoisotopic (exact) mass is 156 g/mol. The maximum atomic E-state index is 10.2. The van der Waals surface area contributed by atoms with E-state index in [-0.39, 0.29) is 0 Å². The van der Waals surface area contributed by atoms with Gasteiger partial charge in [-0.1, -0.05) is 12.7 Å². The average molecular weight is 156 g/mol. The Bertz CT molecular complexity index is 170. The molecule has 0 aromatic heterocycles. The van der Waals surface area contributed by atoms with Crippen molar-refractivity contribution in [2.45, 2.75) is 13.3 Å². The van der Waals surface area contributed by atoms with Crippen molar-refractivity contribution in [3.8, 4) is 0 Å². The standard InChI is InChI=1S/C8H12O3/c1-3-11-6-4-5-7(2)8(9)10/h3,5H,1,4,6H2,2H3,(H,9,10). The first-order valence-corrected chi connectivity index (χ1v) is 3.31. The topological polar surface area (TPSA) is 46.5 Å². The molecule has 0 radical (unpaired) electrons. The maximum absolute atomic E-state index is 10.2. The summed E-state index contributed by atoms with van der Waals surface area (Å²) in [6.45, 7) is 5.39. The lowest BCUT2D eigenvalue weighted by molar-refractivity contribution is -0.132. The van der Waals surface area contributed by atoms with Crippen molar-refractivity contribution >= 4 is 5.97 Å². The number of carbonyl (C=O) groups is 1. The normalized spacial score (nSPS) is 10.8. The van der Waals surface area contributed by atoms with Crippen LogP contribution in [-0.2, 0) is 9.53 Å². The summed E-state index contributed by atoms with van der Waals surface area (Å²) in [6.07, 6.45) is 3.56. The van der Waals surface area contributed by atoms with E-state index < -0.39 is 5.97 Å². The Morgan fingerprint density at radius 3 is 2.82 bits per heavy atom. The molecule has 0 aliphatic carbocycles. The molecular weight excluding hydrogens is 144 g/mol. The molecule has 62 valence electrons. The van der Waals surface area contributed by atoms with E-state index in [1.54, 1.807) is 13.0 Å². The van der Waals surface area contributed by atoms with E-state index in [1.165, 1.54) is 6.26 Å². The molecule has 0 unspecified atom stereocenters. The van der Waals surface area contributed by atoms with Crippen LogP contribution in [0.2, 0.25) is 0 Å². The van der Waals surface area contributed by atoms with Crippen molar-refractivity contribution < 1.29 is 14.6 Å². The van der Waals surface area contributed by atoms with Crippen molar-refractivity contribution in [2.75, 3.05) is 6.61 Å². The Labute approximate surface area is 66.0 Å². The van der Waals surface area contributed by atoms with Gasteiger partial charge in [-0.15, -0.1) is 0 Å². The predicted octanol–water partition coefficient (Wildman–Crippen LogP) is 1.57. The summed E-state index contributed by atoms with van der Waals surface area (Å²) in [7, 11) is 0. The van der Waals surface area contributed by atoms with Crippen LogP contribution in [0.1, 0.15) is 13.3 Å². The molecule has 0 amide bonds. The molecule has 0 saturated carbocycles. The molecule has 1 N–H and O–H groups in total. The van der Waals surface area contributed by atoms with E-state index in [0.717, 1.165) is 0 Å². The molecule has 0 aromatic carbocycles. The SMILES string of the molecule is C=COCCC=C(C)C(=O)O. The molecule has 0 saturated heterocycles. The minimum absolute atomic E-state index is 0.345. The second kappa shape index (κ2) is 5.53. The highest BCUT2D eigenvalue weighted by Gasteiger charge is 1.96. The fourth-order valence-electron chi connectivity index (χ4n) is 0.514. The predicted molar refractivity (Wildman–Crippen MR) is 42.2 cm³/mol. The van der Waals surface area contributed by atoms with Gasteiger partial charge in [-0.25, -0.2) is 4.79 Å². The zero-order chi connectivity index (χ0) is 8.69. The van der Waals surface area contributed by atoms with Crippen LogP contribution < -0.4 is 0 Å². The lowest BCUT2D eigenvalue weighted by Gasteiger charge is -1.95. The molecule has 3 heteroatoms. The zero-order valence-corrected chi connectivity index (χ0v) is 6.54. The summed E-state index contributed by atoms with van der Waals surface area (Å²) in [5, 5.41) is 8.41. The Hall–Kier alpha value is -1.25. The van der Waals surface area contributed by atoms with Gasteiger partial charge in [-0.05, 0) is 6.92 Å². The third-order valence-corrected chi connectivity index (χ3v) is 1.14. The molecule has 0 aromatic rings. The van der Waals surface area contributed by atoms with E-state index in [9.17, 15) is 4.79 Å². The minimum Gasteiger partial charge on any atom is -0.501 e. The molecule has 0 aliphatic rings. The van der Waals surface area contributed by atoms with Crippen molar-refractivity contribution in [3.63, 3.8) is 0 Å². The first kappa shape index (κ1) is 9.75. The number of hydrogen-bond donors (Lipinski definition) is 1. The lowest BCUT2D eigenvalue weighted by Crippen LogP contribution is -1.96. The van der Waals surface area contributed by atoms with Crippen LogP contribution >= 0.6 is 0 Å². The van der Waals surface area contributed by atoms with E-state index in [4.69, 9.17) is 9.84 Å². The van der Waals surface area contributed by atoms with Crippen molar-refractivity contribution in [3.05, 3.63) is 24.5 Å². The van der Waals surface area contributed by atoms with Crippen LogP contribution in [0, 0.1) is 0 Å². The van der Waals surface area contributed by atoms with Gasteiger partial charge in [0.05, 0.1) is 12.9 Å². The highest BCUT2D eigenvalue weighted by Crippen LogP contribution is 1.95. The fourth-order valence-corrected chi connectivity index (χ4v) is 0.514. The Kier molecular flexibility index (Phi) is 4.90. The number of carboxylic acid groups (broad SMARTS) is 1. The van der Waals surface area contributed by atoms with Gasteiger partial charge in [-0.2, -0.15) is 0 Å². The van der Waals surface area contributed by atoms with Gasteiger partial charge >= 0.3 is 5.97 Å². The third kappa shape index (κ3) is 5.21. The van der Waals surface area contributed by atoms with Crippen LogP contribution in [-0.4, -0.2) is 17.7 Å². The molecule has 0 spiro atoms. The molecule has 3 nitrogen and oxygen atoms in total. The fraction of sp³-hybridized carbons (Fsp3) is 0.375. The number of hydrogen-bond acceptors (Lipinski definition) is 2. The highest BCUT2D eigenvalue weighted by molar-refractivity contribution is 5.85. The zero-order valence-electron chi connectivity index (χ0n) is 6.54. The van der Waals surface area contributed by atoms with Crippen molar-refractivity contribution in [1.82, 2.24) is 0 Å². The number of aliphatic carboxylic acids is 1. The molecular formula is C8H12O3. The second-order valence-electron chi connectivity index (χ2n) is 2.02. The van der Waals surface area contributed by atoms with Gasteiger partial charge in [0.2, 0.25) is 0 Å². The van der Waals surface area contributed by atoms with Gasteiger partial charge in [0, 0.05) is 12.0 Å². The Balaban J connectivity index is 3.56. The summed E-state index contributed by atoms with van der Waals surface area (Å²) in [5.74, 6) is -0.886. The smallest absolute Gasteiger partial charge is 0.330 e. The first-order chi connectivity index (χ1) is 5.18. The highest BCUT2D eigenvalue weighted by atomic mass is 16.5. The van der Waals surface area contributed by atoms with E-state index in [1.807, 2.05) is 0 Å². The quantitative estimate of drug-likeness (QED) is 0.373. The van der Waals surface area contributed by atoms with E-state index >= 15 is 0 Å². The van der Waals surface area contributed by atoms with E-state index in [2.05, 4.69) is 6.58 Å². The van der Waals surface area contributed by atoms with Crippen LogP contribution in [0.3, 0.4) is 0 Å².